The molecule has 1 unspecified atom stereocenters. The molecule has 0 spiro atoms. The van der Waals surface area contributed by atoms with Crippen molar-refractivity contribution in [2.75, 3.05) is 12.8 Å². The summed E-state index contributed by atoms with van der Waals surface area (Å²) in [4.78, 5) is 22.3. The highest BCUT2D eigenvalue weighted by molar-refractivity contribution is 5.79. The zero-order valence-electron chi connectivity index (χ0n) is 12.7. The van der Waals surface area contributed by atoms with E-state index in [2.05, 4.69) is 4.74 Å². The van der Waals surface area contributed by atoms with Crippen molar-refractivity contribution in [1.29, 1.82) is 0 Å². The molecule has 0 aromatic heterocycles. The van der Waals surface area contributed by atoms with Gasteiger partial charge in [0.25, 0.3) is 0 Å². The van der Waals surface area contributed by atoms with Crippen molar-refractivity contribution in [2.24, 2.45) is 5.92 Å². The number of ether oxygens (including phenoxy) is 1. The van der Waals surface area contributed by atoms with Gasteiger partial charge in [-0.15, -0.1) is 0 Å². The Labute approximate surface area is 137 Å². The summed E-state index contributed by atoms with van der Waals surface area (Å²) in [6.45, 7) is 0. The van der Waals surface area contributed by atoms with Gasteiger partial charge in [0.1, 0.15) is 0 Å². The number of alkyl halides is 6. The SMILES string of the molecule is COC(=O)C(CC(=O)O)Cc1cc(C(F)(F)F)c(N)c(C(F)(F)F)c1. The molecule has 0 saturated heterocycles. The number of rotatable bonds is 5. The Hall–Kier alpha value is -2.46. The number of carbonyl (C=O) groups excluding carboxylic acids is 1. The Bertz CT molecular complexity index is 633. The predicted molar refractivity (Wildman–Crippen MR) is 72.3 cm³/mol. The van der Waals surface area contributed by atoms with Gasteiger partial charge in [-0.1, -0.05) is 0 Å². The molecule has 11 heteroatoms. The van der Waals surface area contributed by atoms with Crippen molar-refractivity contribution in [3.8, 4) is 0 Å². The molecule has 0 aliphatic rings. The highest BCUT2D eigenvalue weighted by atomic mass is 19.4. The lowest BCUT2D eigenvalue weighted by atomic mass is 9.92. The molecule has 0 aliphatic carbocycles. The van der Waals surface area contributed by atoms with Crippen molar-refractivity contribution in [3.05, 3.63) is 28.8 Å². The van der Waals surface area contributed by atoms with E-state index in [1.54, 1.807) is 0 Å². The minimum absolute atomic E-state index is 0.363. The van der Waals surface area contributed by atoms with E-state index in [-0.39, 0.29) is 0 Å². The van der Waals surface area contributed by atoms with E-state index >= 15 is 0 Å². The number of halogens is 6. The monoisotopic (exact) mass is 373 g/mol. The number of hydrogen-bond donors (Lipinski definition) is 2. The van der Waals surface area contributed by atoms with E-state index in [0.29, 0.717) is 12.1 Å². The maximum atomic E-state index is 12.9. The summed E-state index contributed by atoms with van der Waals surface area (Å²) in [7, 11) is 0.919. The second-order valence-corrected chi connectivity index (χ2v) is 5.12. The van der Waals surface area contributed by atoms with E-state index in [1.807, 2.05) is 0 Å². The summed E-state index contributed by atoms with van der Waals surface area (Å²) >= 11 is 0. The van der Waals surface area contributed by atoms with E-state index < -0.39 is 65.4 Å². The number of anilines is 1. The molecule has 0 bridgehead atoms. The van der Waals surface area contributed by atoms with Gasteiger partial charge >= 0.3 is 24.3 Å². The Balaban J connectivity index is 3.43. The van der Waals surface area contributed by atoms with Gasteiger partial charge in [-0.25, -0.2) is 0 Å². The lowest BCUT2D eigenvalue weighted by molar-refractivity contribution is -0.150. The molecule has 0 fully saturated rings. The van der Waals surface area contributed by atoms with Gasteiger partial charge in [-0.05, 0) is 24.1 Å². The Morgan fingerprint density at radius 1 is 1.12 bits per heavy atom. The van der Waals surface area contributed by atoms with Crippen LogP contribution in [-0.4, -0.2) is 24.2 Å². The smallest absolute Gasteiger partial charge is 0.418 e. The number of esters is 1. The third-order valence-corrected chi connectivity index (χ3v) is 3.29. The van der Waals surface area contributed by atoms with Crippen LogP contribution in [0.3, 0.4) is 0 Å². The van der Waals surface area contributed by atoms with Crippen LogP contribution in [0, 0.1) is 5.92 Å². The van der Waals surface area contributed by atoms with Crippen molar-refractivity contribution in [2.45, 2.75) is 25.2 Å². The topological polar surface area (TPSA) is 89.6 Å². The fourth-order valence-corrected chi connectivity index (χ4v) is 2.20. The Morgan fingerprint density at radius 3 is 1.88 bits per heavy atom. The molecule has 5 nitrogen and oxygen atoms in total. The zero-order chi connectivity index (χ0) is 19.6. The number of hydrogen-bond acceptors (Lipinski definition) is 4. The van der Waals surface area contributed by atoms with E-state index in [1.165, 1.54) is 0 Å². The molecular formula is C14H13F6NO4. The molecule has 1 atom stereocenters. The summed E-state index contributed by atoms with van der Waals surface area (Å²) in [6, 6.07) is 0.727. The first-order chi connectivity index (χ1) is 11.3. The molecule has 0 radical (unpaired) electrons. The van der Waals surface area contributed by atoms with Crippen molar-refractivity contribution < 1.29 is 45.8 Å². The number of nitrogen functional groups attached to an aromatic ring is 1. The first kappa shape index (κ1) is 20.6. The van der Waals surface area contributed by atoms with Crippen LogP contribution in [0.15, 0.2) is 12.1 Å². The summed E-state index contributed by atoms with van der Waals surface area (Å²) in [6.07, 6.45) is -11.8. The number of carbonyl (C=O) groups is 2. The lowest BCUT2D eigenvalue weighted by Gasteiger charge is -2.19. The van der Waals surface area contributed by atoms with Gasteiger partial charge in [-0.2, -0.15) is 26.3 Å². The van der Waals surface area contributed by atoms with Gasteiger partial charge in [0.15, 0.2) is 0 Å². The number of carboxylic acids is 1. The van der Waals surface area contributed by atoms with E-state index in [4.69, 9.17) is 10.8 Å². The Morgan fingerprint density at radius 2 is 1.56 bits per heavy atom. The van der Waals surface area contributed by atoms with Crippen LogP contribution in [0.25, 0.3) is 0 Å². The van der Waals surface area contributed by atoms with Crippen LogP contribution < -0.4 is 5.73 Å². The minimum atomic E-state index is -5.16. The third-order valence-electron chi connectivity index (χ3n) is 3.29. The zero-order valence-corrected chi connectivity index (χ0v) is 12.7. The first-order valence-electron chi connectivity index (χ1n) is 6.63. The maximum Gasteiger partial charge on any atom is 0.418 e. The molecule has 1 rings (SSSR count). The highest BCUT2D eigenvalue weighted by Crippen LogP contribution is 2.42. The van der Waals surface area contributed by atoms with Crippen LogP contribution in [0.2, 0.25) is 0 Å². The van der Waals surface area contributed by atoms with Crippen LogP contribution in [0.4, 0.5) is 32.0 Å². The van der Waals surface area contributed by atoms with Crippen LogP contribution in [-0.2, 0) is 33.1 Å². The number of nitrogens with two attached hydrogens (primary N) is 1. The molecule has 140 valence electrons. The molecular weight excluding hydrogens is 360 g/mol. The molecule has 1 aromatic rings. The predicted octanol–water partition coefficient (Wildman–Crippen LogP) is 3.11. The minimum Gasteiger partial charge on any atom is -0.481 e. The molecule has 0 heterocycles. The van der Waals surface area contributed by atoms with Crippen molar-refractivity contribution >= 4 is 17.6 Å². The number of aliphatic carboxylic acids is 1. The molecule has 0 amide bonds. The van der Waals surface area contributed by atoms with Gasteiger partial charge in [0.2, 0.25) is 0 Å². The fourth-order valence-electron chi connectivity index (χ4n) is 2.20. The van der Waals surface area contributed by atoms with Crippen LogP contribution in [0.1, 0.15) is 23.1 Å². The normalized spacial score (nSPS) is 13.4. The average molecular weight is 373 g/mol. The number of methoxy groups -OCH3 is 1. The quantitative estimate of drug-likeness (QED) is 0.470. The van der Waals surface area contributed by atoms with Gasteiger partial charge < -0.3 is 15.6 Å². The van der Waals surface area contributed by atoms with Crippen molar-refractivity contribution in [3.63, 3.8) is 0 Å². The van der Waals surface area contributed by atoms with Gasteiger partial charge in [-0.3, -0.25) is 9.59 Å². The summed E-state index contributed by atoms with van der Waals surface area (Å²) in [5, 5.41) is 8.73. The molecule has 0 aliphatic heterocycles. The summed E-state index contributed by atoms with van der Waals surface area (Å²) in [5.74, 6) is -3.98. The van der Waals surface area contributed by atoms with Gasteiger partial charge in [0.05, 0.1) is 36.3 Å². The second-order valence-electron chi connectivity index (χ2n) is 5.12. The average Bonchev–Trinajstić information content (AvgIpc) is 2.44. The van der Waals surface area contributed by atoms with Crippen LogP contribution in [0.5, 0.6) is 0 Å². The molecule has 0 saturated carbocycles. The highest BCUT2D eigenvalue weighted by Gasteiger charge is 2.41. The van der Waals surface area contributed by atoms with Gasteiger partial charge in [0, 0.05) is 0 Å². The summed E-state index contributed by atoms with van der Waals surface area (Å²) in [5.41, 5.74) is -0.453. The Kier molecular flexibility index (Phi) is 5.92. The summed E-state index contributed by atoms with van der Waals surface area (Å²) < 4.78 is 81.9. The maximum absolute atomic E-state index is 12.9. The van der Waals surface area contributed by atoms with E-state index in [0.717, 1.165) is 7.11 Å². The standard InChI is InChI=1S/C14H13F6NO4/c1-25-12(24)7(5-10(22)23)2-6-3-8(13(15,16)17)11(21)9(4-6)14(18,19)20/h3-4,7H,2,5,21H2,1H3,(H,22,23). The first-order valence-corrected chi connectivity index (χ1v) is 6.63. The third kappa shape index (κ3) is 5.26. The molecule has 3 N–H and O–H groups in total. The van der Waals surface area contributed by atoms with Crippen LogP contribution >= 0.6 is 0 Å². The fraction of sp³-hybridized carbons (Fsp3) is 0.429. The lowest BCUT2D eigenvalue weighted by Crippen LogP contribution is -2.23. The largest absolute Gasteiger partial charge is 0.481 e. The number of benzene rings is 1. The second kappa shape index (κ2) is 7.19. The number of carboxylic acid groups (broad SMARTS) is 1. The van der Waals surface area contributed by atoms with E-state index in [9.17, 15) is 35.9 Å². The molecule has 1 aromatic carbocycles. The van der Waals surface area contributed by atoms with Crippen molar-refractivity contribution in [1.82, 2.24) is 0 Å². The molecule has 25 heavy (non-hydrogen) atoms.